The summed E-state index contributed by atoms with van der Waals surface area (Å²) in [4.78, 5) is 0.168. The van der Waals surface area contributed by atoms with Crippen molar-refractivity contribution in [1.29, 1.82) is 0 Å². The SMILES string of the molecule is NCC1(CO)C(c2ccc3c(c2)OCO3)C1S(=O)(=O)c1ccc(Cl)cc1. The van der Waals surface area contributed by atoms with Crippen LogP contribution in [0.25, 0.3) is 0 Å². The Morgan fingerprint density at radius 1 is 1.15 bits per heavy atom. The second kappa shape index (κ2) is 6.13. The van der Waals surface area contributed by atoms with Gasteiger partial charge in [0.2, 0.25) is 6.79 Å². The van der Waals surface area contributed by atoms with Crippen LogP contribution in [0, 0.1) is 5.41 Å². The van der Waals surface area contributed by atoms with Crippen LogP contribution in [-0.2, 0) is 9.84 Å². The van der Waals surface area contributed by atoms with Gasteiger partial charge in [0.15, 0.2) is 21.3 Å². The normalized spacial score (nSPS) is 26.7. The number of hydrogen-bond acceptors (Lipinski definition) is 6. The van der Waals surface area contributed by atoms with E-state index in [-0.39, 0.29) is 24.8 Å². The highest BCUT2D eigenvalue weighted by Gasteiger charge is 2.70. The van der Waals surface area contributed by atoms with E-state index < -0.39 is 26.4 Å². The lowest BCUT2D eigenvalue weighted by atomic mass is 10.00. The average molecular weight is 396 g/mol. The Kier molecular flexibility index (Phi) is 4.15. The van der Waals surface area contributed by atoms with Crippen molar-refractivity contribution >= 4 is 21.4 Å². The summed E-state index contributed by atoms with van der Waals surface area (Å²) >= 11 is 5.87. The minimum Gasteiger partial charge on any atom is -0.454 e. The summed E-state index contributed by atoms with van der Waals surface area (Å²) < 4.78 is 37.1. The maximum absolute atomic E-state index is 13.2. The molecule has 0 radical (unpaired) electrons. The number of benzene rings is 2. The quantitative estimate of drug-likeness (QED) is 0.802. The molecule has 3 atom stereocenters. The lowest BCUT2D eigenvalue weighted by Gasteiger charge is -2.12. The second-order valence-electron chi connectivity index (χ2n) is 6.61. The van der Waals surface area contributed by atoms with Crippen LogP contribution in [0.2, 0.25) is 5.02 Å². The molecule has 0 bridgehead atoms. The average Bonchev–Trinajstić information content (AvgIpc) is 3.12. The molecule has 0 spiro atoms. The van der Waals surface area contributed by atoms with Gasteiger partial charge in [-0.3, -0.25) is 0 Å². The zero-order valence-corrected chi connectivity index (χ0v) is 15.3. The summed E-state index contributed by atoms with van der Waals surface area (Å²) in [5.74, 6) is 0.766. The molecule has 26 heavy (non-hydrogen) atoms. The van der Waals surface area contributed by atoms with Crippen LogP contribution in [0.4, 0.5) is 0 Å². The van der Waals surface area contributed by atoms with E-state index in [2.05, 4.69) is 0 Å². The Morgan fingerprint density at radius 3 is 2.50 bits per heavy atom. The van der Waals surface area contributed by atoms with E-state index in [0.717, 1.165) is 5.56 Å². The third-order valence-corrected chi connectivity index (χ3v) is 7.88. The third kappa shape index (κ3) is 2.50. The molecule has 0 saturated heterocycles. The summed E-state index contributed by atoms with van der Waals surface area (Å²) in [5, 5.41) is 9.63. The topological polar surface area (TPSA) is 98.8 Å². The zero-order valence-electron chi connectivity index (χ0n) is 13.8. The van der Waals surface area contributed by atoms with Gasteiger partial charge in [0.05, 0.1) is 16.8 Å². The number of hydrogen-bond donors (Lipinski definition) is 2. The van der Waals surface area contributed by atoms with Crippen LogP contribution in [0.15, 0.2) is 47.4 Å². The van der Waals surface area contributed by atoms with Crippen molar-refractivity contribution < 1.29 is 23.0 Å². The van der Waals surface area contributed by atoms with Crippen LogP contribution in [0.1, 0.15) is 11.5 Å². The van der Waals surface area contributed by atoms with E-state index in [1.54, 1.807) is 18.2 Å². The van der Waals surface area contributed by atoms with Crippen LogP contribution in [-0.4, -0.2) is 38.7 Å². The van der Waals surface area contributed by atoms with Gasteiger partial charge in [0.1, 0.15) is 0 Å². The van der Waals surface area contributed by atoms with Crippen molar-refractivity contribution in [2.45, 2.75) is 16.1 Å². The summed E-state index contributed by atoms with van der Waals surface area (Å²) in [5.41, 5.74) is 5.74. The van der Waals surface area contributed by atoms with Gasteiger partial charge < -0.3 is 20.3 Å². The van der Waals surface area contributed by atoms with Crippen LogP contribution in [0.5, 0.6) is 11.5 Å². The largest absolute Gasteiger partial charge is 0.454 e. The predicted molar refractivity (Wildman–Crippen MR) is 96.3 cm³/mol. The van der Waals surface area contributed by atoms with E-state index in [4.69, 9.17) is 26.8 Å². The van der Waals surface area contributed by atoms with Crippen LogP contribution < -0.4 is 15.2 Å². The van der Waals surface area contributed by atoms with Crippen molar-refractivity contribution in [3.8, 4) is 11.5 Å². The standard InChI is InChI=1S/C18H18ClNO5S/c19-12-2-4-13(5-3-12)26(22,23)17-16(18(17,8-20)9-21)11-1-6-14-15(7-11)25-10-24-14/h1-7,16-17,21H,8-10,20H2. The van der Waals surface area contributed by atoms with E-state index in [1.807, 2.05) is 0 Å². The fourth-order valence-electron chi connectivity index (χ4n) is 3.82. The Labute approximate surface area is 156 Å². The predicted octanol–water partition coefficient (Wildman–Crippen LogP) is 1.95. The molecular weight excluding hydrogens is 378 g/mol. The Hall–Kier alpha value is -1.80. The maximum Gasteiger partial charge on any atom is 0.231 e. The number of sulfone groups is 1. The molecule has 1 fully saturated rings. The number of fused-ring (bicyclic) bond motifs is 1. The maximum atomic E-state index is 13.2. The van der Waals surface area contributed by atoms with Crippen LogP contribution >= 0.6 is 11.6 Å². The number of aliphatic hydroxyl groups excluding tert-OH is 1. The highest BCUT2D eigenvalue weighted by atomic mass is 35.5. The number of ether oxygens (including phenoxy) is 2. The fraction of sp³-hybridized carbons (Fsp3) is 0.333. The molecule has 1 saturated carbocycles. The summed E-state index contributed by atoms with van der Waals surface area (Å²) in [6.45, 7) is -0.127. The first-order chi connectivity index (χ1) is 12.4. The van der Waals surface area contributed by atoms with Gasteiger partial charge in [-0.05, 0) is 42.0 Å². The second-order valence-corrected chi connectivity index (χ2v) is 9.11. The van der Waals surface area contributed by atoms with Crippen molar-refractivity contribution in [2.24, 2.45) is 11.1 Å². The molecular formula is C18H18ClNO5S. The molecule has 3 unspecified atom stereocenters. The van der Waals surface area contributed by atoms with Gasteiger partial charge in [0, 0.05) is 22.9 Å². The summed E-state index contributed by atoms with van der Waals surface area (Å²) in [6, 6.07) is 11.3. The molecule has 0 aromatic heterocycles. The molecule has 0 amide bonds. The number of nitrogens with two attached hydrogens (primary N) is 1. The molecule has 1 aliphatic carbocycles. The number of rotatable bonds is 5. The van der Waals surface area contributed by atoms with Crippen molar-refractivity contribution in [3.05, 3.63) is 53.1 Å². The molecule has 2 aliphatic rings. The van der Waals surface area contributed by atoms with Gasteiger partial charge in [-0.2, -0.15) is 0 Å². The Bertz CT molecular complexity index is 941. The highest BCUT2D eigenvalue weighted by molar-refractivity contribution is 7.92. The summed E-state index contributed by atoms with van der Waals surface area (Å²) in [6.07, 6.45) is 0. The lowest BCUT2D eigenvalue weighted by Crippen LogP contribution is -2.27. The van der Waals surface area contributed by atoms with E-state index >= 15 is 0 Å². The molecule has 4 rings (SSSR count). The van der Waals surface area contributed by atoms with Gasteiger partial charge in [-0.25, -0.2) is 8.42 Å². The lowest BCUT2D eigenvalue weighted by molar-refractivity contribution is 0.174. The minimum atomic E-state index is -3.70. The third-order valence-electron chi connectivity index (χ3n) is 5.29. The smallest absolute Gasteiger partial charge is 0.231 e. The Balaban J connectivity index is 1.76. The van der Waals surface area contributed by atoms with Crippen molar-refractivity contribution in [1.82, 2.24) is 0 Å². The molecule has 2 aromatic carbocycles. The van der Waals surface area contributed by atoms with E-state index in [0.29, 0.717) is 16.5 Å². The molecule has 138 valence electrons. The monoisotopic (exact) mass is 395 g/mol. The first-order valence-electron chi connectivity index (χ1n) is 8.14. The van der Waals surface area contributed by atoms with Gasteiger partial charge in [-0.15, -0.1) is 0 Å². The molecule has 3 N–H and O–H groups in total. The van der Waals surface area contributed by atoms with Gasteiger partial charge in [-0.1, -0.05) is 17.7 Å². The van der Waals surface area contributed by atoms with Crippen LogP contribution in [0.3, 0.4) is 0 Å². The molecule has 6 nitrogen and oxygen atoms in total. The van der Waals surface area contributed by atoms with Gasteiger partial charge in [0.25, 0.3) is 0 Å². The first-order valence-corrected chi connectivity index (χ1v) is 10.1. The fourth-order valence-corrected chi connectivity index (χ4v) is 6.40. The zero-order chi connectivity index (χ0) is 18.5. The first kappa shape index (κ1) is 17.6. The Morgan fingerprint density at radius 2 is 1.85 bits per heavy atom. The molecule has 2 aromatic rings. The van der Waals surface area contributed by atoms with E-state index in [1.165, 1.54) is 24.3 Å². The summed E-state index contributed by atoms with van der Waals surface area (Å²) in [7, 11) is -3.70. The van der Waals surface area contributed by atoms with Crippen molar-refractivity contribution in [3.63, 3.8) is 0 Å². The highest BCUT2D eigenvalue weighted by Crippen LogP contribution is 2.63. The molecule has 8 heteroatoms. The van der Waals surface area contributed by atoms with Crippen molar-refractivity contribution in [2.75, 3.05) is 19.9 Å². The minimum absolute atomic E-state index is 0.0556. The number of halogens is 1. The van der Waals surface area contributed by atoms with E-state index in [9.17, 15) is 13.5 Å². The molecule has 1 aliphatic heterocycles. The number of aliphatic hydroxyl groups is 1. The van der Waals surface area contributed by atoms with Gasteiger partial charge >= 0.3 is 0 Å². The molecule has 1 heterocycles.